The molecular weight excluding hydrogens is 376 g/mol. The lowest BCUT2D eigenvalue weighted by atomic mass is 10.1. The highest BCUT2D eigenvalue weighted by Gasteiger charge is 2.10. The third-order valence-electron chi connectivity index (χ3n) is 3.95. The third kappa shape index (κ3) is 6.69. The van der Waals surface area contributed by atoms with E-state index in [1.165, 1.54) is 36.4 Å². The van der Waals surface area contributed by atoms with E-state index in [-0.39, 0.29) is 23.6 Å². The van der Waals surface area contributed by atoms with E-state index in [9.17, 15) is 25.0 Å². The standard InChI is InChI=1S/C21H20N2O6/c1-2-3-14-29-21(24)18(15-17-7-12-20(13-8-17)23(27)28)9-4-16-5-10-19(11-6-16)22(25)26/h4-13,15H,2-3,14H2,1H3/b9-4+,18-15-. The van der Waals surface area contributed by atoms with Crippen LogP contribution in [0.4, 0.5) is 11.4 Å². The smallest absolute Gasteiger partial charge is 0.338 e. The van der Waals surface area contributed by atoms with Crippen molar-refractivity contribution in [2.45, 2.75) is 19.8 Å². The van der Waals surface area contributed by atoms with Gasteiger partial charge in [0, 0.05) is 24.3 Å². The molecule has 0 spiro atoms. The Balaban J connectivity index is 2.27. The van der Waals surface area contributed by atoms with Gasteiger partial charge in [-0.25, -0.2) is 4.79 Å². The molecule has 0 atom stereocenters. The molecule has 0 saturated carbocycles. The summed E-state index contributed by atoms with van der Waals surface area (Å²) in [6.07, 6.45) is 6.38. The normalized spacial score (nSPS) is 11.4. The van der Waals surface area contributed by atoms with Gasteiger partial charge in [0.15, 0.2) is 0 Å². The predicted octanol–water partition coefficient (Wildman–Crippen LogP) is 4.94. The van der Waals surface area contributed by atoms with E-state index in [0.29, 0.717) is 11.1 Å². The third-order valence-corrected chi connectivity index (χ3v) is 3.95. The number of nitrogens with zero attached hydrogens (tertiary/aromatic N) is 2. The monoisotopic (exact) mass is 396 g/mol. The fraction of sp³-hybridized carbons (Fsp3) is 0.190. The summed E-state index contributed by atoms with van der Waals surface area (Å²) in [4.78, 5) is 33.0. The molecule has 8 nitrogen and oxygen atoms in total. The molecule has 0 aliphatic heterocycles. The molecule has 150 valence electrons. The summed E-state index contributed by atoms with van der Waals surface area (Å²) in [5, 5.41) is 21.5. The summed E-state index contributed by atoms with van der Waals surface area (Å²) in [5.74, 6) is -0.519. The molecule has 2 rings (SSSR count). The molecule has 0 amide bonds. The van der Waals surface area contributed by atoms with Crippen LogP contribution in [0.25, 0.3) is 12.2 Å². The molecule has 0 bridgehead atoms. The van der Waals surface area contributed by atoms with Crippen molar-refractivity contribution < 1.29 is 19.4 Å². The van der Waals surface area contributed by atoms with Crippen LogP contribution in [0.3, 0.4) is 0 Å². The summed E-state index contributed by atoms with van der Waals surface area (Å²) in [6, 6.07) is 11.7. The van der Waals surface area contributed by atoms with Crippen molar-refractivity contribution in [2.75, 3.05) is 6.61 Å². The number of carbonyl (C=O) groups is 1. The highest BCUT2D eigenvalue weighted by atomic mass is 16.6. The van der Waals surface area contributed by atoms with Gasteiger partial charge in [0.25, 0.3) is 11.4 Å². The van der Waals surface area contributed by atoms with Crippen molar-refractivity contribution in [3.63, 3.8) is 0 Å². The molecule has 2 aromatic rings. The number of nitro benzene ring substituents is 2. The van der Waals surface area contributed by atoms with Gasteiger partial charge in [-0.3, -0.25) is 20.2 Å². The van der Waals surface area contributed by atoms with Gasteiger partial charge in [0.2, 0.25) is 0 Å². The van der Waals surface area contributed by atoms with Crippen LogP contribution < -0.4 is 0 Å². The highest BCUT2D eigenvalue weighted by molar-refractivity contribution is 5.97. The van der Waals surface area contributed by atoms with Crippen molar-refractivity contribution in [3.05, 3.63) is 91.5 Å². The number of unbranched alkanes of at least 4 members (excludes halogenated alkanes) is 1. The Kier molecular flexibility index (Phi) is 7.78. The van der Waals surface area contributed by atoms with Crippen molar-refractivity contribution in [3.8, 4) is 0 Å². The largest absolute Gasteiger partial charge is 0.462 e. The zero-order chi connectivity index (χ0) is 21.2. The summed E-state index contributed by atoms with van der Waals surface area (Å²) >= 11 is 0. The molecule has 8 heteroatoms. The van der Waals surface area contributed by atoms with E-state index in [1.807, 2.05) is 6.92 Å². The van der Waals surface area contributed by atoms with Crippen LogP contribution in [-0.4, -0.2) is 22.4 Å². The Hall–Kier alpha value is -3.81. The maximum absolute atomic E-state index is 12.4. The molecule has 0 aliphatic rings. The zero-order valence-corrected chi connectivity index (χ0v) is 15.8. The summed E-state index contributed by atoms with van der Waals surface area (Å²) in [6.45, 7) is 2.27. The van der Waals surface area contributed by atoms with Crippen LogP contribution in [0.15, 0.2) is 60.2 Å². The number of non-ortho nitro benzene ring substituents is 2. The minimum atomic E-state index is -0.519. The Bertz CT molecular complexity index is 931. The van der Waals surface area contributed by atoms with Crippen LogP contribution >= 0.6 is 0 Å². The van der Waals surface area contributed by atoms with Gasteiger partial charge in [-0.1, -0.05) is 19.4 Å². The fourth-order valence-electron chi connectivity index (χ4n) is 2.33. The van der Waals surface area contributed by atoms with E-state index in [4.69, 9.17) is 4.74 Å². The molecule has 0 N–H and O–H groups in total. The summed E-state index contributed by atoms with van der Waals surface area (Å²) in [7, 11) is 0. The number of carbonyl (C=O) groups excluding carboxylic acids is 1. The van der Waals surface area contributed by atoms with E-state index < -0.39 is 15.8 Å². The lowest BCUT2D eigenvalue weighted by Gasteiger charge is -2.05. The lowest BCUT2D eigenvalue weighted by Crippen LogP contribution is -2.07. The van der Waals surface area contributed by atoms with Crippen LogP contribution in [-0.2, 0) is 9.53 Å². The summed E-state index contributed by atoms with van der Waals surface area (Å²) < 4.78 is 5.26. The second kappa shape index (κ2) is 10.5. The molecule has 0 aliphatic carbocycles. The molecule has 2 aromatic carbocycles. The predicted molar refractivity (Wildman–Crippen MR) is 109 cm³/mol. The first-order chi connectivity index (χ1) is 13.9. The zero-order valence-electron chi connectivity index (χ0n) is 15.8. The van der Waals surface area contributed by atoms with Crippen LogP contribution in [0, 0.1) is 20.2 Å². The number of esters is 1. The first-order valence-corrected chi connectivity index (χ1v) is 8.96. The number of nitro groups is 2. The minimum Gasteiger partial charge on any atom is -0.462 e. The number of ether oxygens (including phenoxy) is 1. The van der Waals surface area contributed by atoms with Crippen molar-refractivity contribution in [1.29, 1.82) is 0 Å². The second-order valence-corrected chi connectivity index (χ2v) is 6.12. The number of benzene rings is 2. The van der Waals surface area contributed by atoms with E-state index in [0.717, 1.165) is 12.8 Å². The van der Waals surface area contributed by atoms with Crippen molar-refractivity contribution in [2.24, 2.45) is 0 Å². The maximum atomic E-state index is 12.4. The Labute approximate surface area is 167 Å². The number of hydrogen-bond donors (Lipinski definition) is 0. The average Bonchev–Trinajstić information content (AvgIpc) is 2.71. The lowest BCUT2D eigenvalue weighted by molar-refractivity contribution is -0.385. The SMILES string of the molecule is CCCCOC(=O)C(=C\c1ccc([N+](=O)[O-])cc1)/C=C/c1ccc([N+](=O)[O-])cc1. The topological polar surface area (TPSA) is 113 Å². The quantitative estimate of drug-likeness (QED) is 0.148. The van der Waals surface area contributed by atoms with Crippen molar-refractivity contribution >= 4 is 29.5 Å². The molecule has 29 heavy (non-hydrogen) atoms. The molecule has 0 fully saturated rings. The molecular formula is C21H20N2O6. The molecule has 0 aromatic heterocycles. The molecule has 0 unspecified atom stereocenters. The maximum Gasteiger partial charge on any atom is 0.338 e. The van der Waals surface area contributed by atoms with Gasteiger partial charge in [0.1, 0.15) is 0 Å². The molecule has 0 heterocycles. The second-order valence-electron chi connectivity index (χ2n) is 6.12. The first kappa shape index (κ1) is 21.5. The number of hydrogen-bond acceptors (Lipinski definition) is 6. The highest BCUT2D eigenvalue weighted by Crippen LogP contribution is 2.18. The van der Waals surface area contributed by atoms with Gasteiger partial charge in [-0.05, 0) is 54.0 Å². The Morgan fingerprint density at radius 3 is 1.93 bits per heavy atom. The number of rotatable bonds is 9. The minimum absolute atomic E-state index is 0.0252. The van der Waals surface area contributed by atoms with Crippen molar-refractivity contribution in [1.82, 2.24) is 0 Å². The van der Waals surface area contributed by atoms with Gasteiger partial charge >= 0.3 is 5.97 Å². The average molecular weight is 396 g/mol. The van der Waals surface area contributed by atoms with Gasteiger partial charge in [0.05, 0.1) is 22.0 Å². The van der Waals surface area contributed by atoms with E-state index in [2.05, 4.69) is 0 Å². The summed E-state index contributed by atoms with van der Waals surface area (Å²) in [5.41, 5.74) is 1.46. The fourth-order valence-corrected chi connectivity index (χ4v) is 2.33. The molecule has 0 radical (unpaired) electrons. The first-order valence-electron chi connectivity index (χ1n) is 8.96. The van der Waals surface area contributed by atoms with Crippen LogP contribution in [0.5, 0.6) is 0 Å². The van der Waals surface area contributed by atoms with Crippen LogP contribution in [0.2, 0.25) is 0 Å². The molecule has 0 saturated heterocycles. The Morgan fingerprint density at radius 1 is 0.931 bits per heavy atom. The van der Waals surface area contributed by atoms with E-state index >= 15 is 0 Å². The van der Waals surface area contributed by atoms with Gasteiger partial charge in [-0.2, -0.15) is 0 Å². The Morgan fingerprint density at radius 2 is 1.45 bits per heavy atom. The van der Waals surface area contributed by atoms with E-state index in [1.54, 1.807) is 30.4 Å². The van der Waals surface area contributed by atoms with Gasteiger partial charge < -0.3 is 4.74 Å². The van der Waals surface area contributed by atoms with Crippen LogP contribution in [0.1, 0.15) is 30.9 Å². The van der Waals surface area contributed by atoms with Gasteiger partial charge in [-0.15, -0.1) is 0 Å².